The van der Waals surface area contributed by atoms with Gasteiger partial charge < -0.3 is 9.84 Å². The SMILES string of the molecule is Cc1c(OC(C)C)ncnc1C(=O)O. The molecule has 1 aromatic heterocycles. The van der Waals surface area contributed by atoms with E-state index < -0.39 is 5.97 Å². The first kappa shape index (κ1) is 10.4. The van der Waals surface area contributed by atoms with Crippen LogP contribution in [-0.4, -0.2) is 27.1 Å². The molecule has 0 aliphatic rings. The number of aromatic carboxylic acids is 1. The molecule has 0 fully saturated rings. The summed E-state index contributed by atoms with van der Waals surface area (Å²) in [6.07, 6.45) is 1.15. The monoisotopic (exact) mass is 196 g/mol. The number of hydrogen-bond acceptors (Lipinski definition) is 4. The van der Waals surface area contributed by atoms with Crippen molar-refractivity contribution in [2.24, 2.45) is 0 Å². The second kappa shape index (κ2) is 4.04. The summed E-state index contributed by atoms with van der Waals surface area (Å²) in [6.45, 7) is 5.32. The zero-order valence-electron chi connectivity index (χ0n) is 8.31. The molecule has 0 unspecified atom stereocenters. The molecule has 0 bridgehead atoms. The molecule has 5 nitrogen and oxygen atoms in total. The number of rotatable bonds is 3. The second-order valence-corrected chi connectivity index (χ2v) is 3.12. The van der Waals surface area contributed by atoms with Crippen molar-refractivity contribution in [3.63, 3.8) is 0 Å². The predicted octanol–water partition coefficient (Wildman–Crippen LogP) is 1.27. The highest BCUT2D eigenvalue weighted by molar-refractivity contribution is 5.87. The Morgan fingerprint density at radius 2 is 2.14 bits per heavy atom. The van der Waals surface area contributed by atoms with E-state index >= 15 is 0 Å². The summed E-state index contributed by atoms with van der Waals surface area (Å²) >= 11 is 0. The Balaban J connectivity index is 3.07. The van der Waals surface area contributed by atoms with Gasteiger partial charge in [0.25, 0.3) is 0 Å². The van der Waals surface area contributed by atoms with Gasteiger partial charge >= 0.3 is 5.97 Å². The van der Waals surface area contributed by atoms with Gasteiger partial charge in [0.2, 0.25) is 5.88 Å². The summed E-state index contributed by atoms with van der Waals surface area (Å²) < 4.78 is 5.32. The van der Waals surface area contributed by atoms with Crippen LogP contribution >= 0.6 is 0 Å². The largest absolute Gasteiger partial charge is 0.476 e. The summed E-state index contributed by atoms with van der Waals surface area (Å²) in [4.78, 5) is 18.2. The summed E-state index contributed by atoms with van der Waals surface area (Å²) in [5.41, 5.74) is 0.435. The van der Waals surface area contributed by atoms with Crippen LogP contribution in [0.1, 0.15) is 29.9 Å². The highest BCUT2D eigenvalue weighted by Gasteiger charge is 2.14. The first-order valence-corrected chi connectivity index (χ1v) is 4.24. The third-order valence-electron chi connectivity index (χ3n) is 1.59. The quantitative estimate of drug-likeness (QED) is 0.788. The third-order valence-corrected chi connectivity index (χ3v) is 1.59. The molecule has 0 saturated heterocycles. The van der Waals surface area contributed by atoms with E-state index in [9.17, 15) is 4.79 Å². The van der Waals surface area contributed by atoms with E-state index in [0.717, 1.165) is 0 Å². The molecule has 1 heterocycles. The van der Waals surface area contributed by atoms with Crippen LogP contribution in [0.5, 0.6) is 5.88 Å². The number of carboxylic acids is 1. The van der Waals surface area contributed by atoms with Crippen LogP contribution < -0.4 is 4.74 Å². The van der Waals surface area contributed by atoms with E-state index in [1.807, 2.05) is 13.8 Å². The van der Waals surface area contributed by atoms with Gasteiger partial charge in [-0.2, -0.15) is 0 Å². The fourth-order valence-corrected chi connectivity index (χ4v) is 0.992. The van der Waals surface area contributed by atoms with E-state index in [-0.39, 0.29) is 11.8 Å². The van der Waals surface area contributed by atoms with Crippen molar-refractivity contribution in [3.8, 4) is 5.88 Å². The van der Waals surface area contributed by atoms with Crippen molar-refractivity contribution in [2.45, 2.75) is 26.9 Å². The molecule has 0 atom stereocenters. The van der Waals surface area contributed by atoms with Crippen LogP contribution in [0.2, 0.25) is 0 Å². The van der Waals surface area contributed by atoms with Gasteiger partial charge in [-0.1, -0.05) is 0 Å². The van der Waals surface area contributed by atoms with Gasteiger partial charge in [-0.15, -0.1) is 0 Å². The lowest BCUT2D eigenvalue weighted by Crippen LogP contribution is -2.11. The van der Waals surface area contributed by atoms with Crippen LogP contribution in [0.15, 0.2) is 6.33 Å². The average Bonchev–Trinajstić information content (AvgIpc) is 2.07. The smallest absolute Gasteiger partial charge is 0.355 e. The van der Waals surface area contributed by atoms with Crippen molar-refractivity contribution in [1.82, 2.24) is 9.97 Å². The van der Waals surface area contributed by atoms with Crippen LogP contribution in [0.25, 0.3) is 0 Å². The Bertz CT molecular complexity index is 350. The molecule has 0 aliphatic carbocycles. The Labute approximate surface area is 81.8 Å². The highest BCUT2D eigenvalue weighted by atomic mass is 16.5. The lowest BCUT2D eigenvalue weighted by molar-refractivity contribution is 0.0688. The average molecular weight is 196 g/mol. The standard InChI is InChI=1S/C9H12N2O3/c1-5(2)14-8-6(3)7(9(12)13)10-4-11-8/h4-5H,1-3H3,(H,12,13). The predicted molar refractivity (Wildman–Crippen MR) is 49.5 cm³/mol. The van der Waals surface area contributed by atoms with E-state index in [1.165, 1.54) is 6.33 Å². The van der Waals surface area contributed by atoms with Gasteiger partial charge in [0.15, 0.2) is 5.69 Å². The third kappa shape index (κ3) is 2.18. The van der Waals surface area contributed by atoms with E-state index in [1.54, 1.807) is 6.92 Å². The minimum Gasteiger partial charge on any atom is -0.476 e. The summed E-state index contributed by atoms with van der Waals surface area (Å²) in [5, 5.41) is 8.78. The fourth-order valence-electron chi connectivity index (χ4n) is 0.992. The molecule has 5 heteroatoms. The van der Waals surface area contributed by atoms with Gasteiger partial charge in [0.05, 0.1) is 6.10 Å². The first-order valence-electron chi connectivity index (χ1n) is 4.24. The van der Waals surface area contributed by atoms with Crippen LogP contribution in [0, 0.1) is 6.92 Å². The molecular formula is C9H12N2O3. The summed E-state index contributed by atoms with van der Waals surface area (Å²) in [7, 11) is 0. The maximum absolute atomic E-state index is 10.7. The minimum absolute atomic E-state index is 0.0179. The Kier molecular flexibility index (Phi) is 3.01. The van der Waals surface area contributed by atoms with Gasteiger partial charge in [0, 0.05) is 5.56 Å². The molecule has 1 rings (SSSR count). The second-order valence-electron chi connectivity index (χ2n) is 3.12. The molecule has 0 saturated carbocycles. The van der Waals surface area contributed by atoms with E-state index in [2.05, 4.69) is 9.97 Å². The minimum atomic E-state index is -1.07. The molecule has 76 valence electrons. The summed E-state index contributed by atoms with van der Waals surface area (Å²) in [5.74, 6) is -0.745. The number of carboxylic acid groups (broad SMARTS) is 1. The van der Waals surface area contributed by atoms with Crippen molar-refractivity contribution in [2.75, 3.05) is 0 Å². The zero-order chi connectivity index (χ0) is 10.7. The Morgan fingerprint density at radius 1 is 1.50 bits per heavy atom. The van der Waals surface area contributed by atoms with Gasteiger partial charge in [-0.3, -0.25) is 0 Å². The fraction of sp³-hybridized carbons (Fsp3) is 0.444. The number of ether oxygens (including phenoxy) is 1. The molecule has 1 aromatic rings. The van der Waals surface area contributed by atoms with E-state index in [0.29, 0.717) is 11.4 Å². The molecule has 0 radical (unpaired) electrons. The number of aromatic nitrogens is 2. The van der Waals surface area contributed by atoms with Gasteiger partial charge in [0.1, 0.15) is 6.33 Å². The van der Waals surface area contributed by atoms with Gasteiger partial charge in [-0.25, -0.2) is 14.8 Å². The molecule has 0 spiro atoms. The normalized spacial score (nSPS) is 10.3. The van der Waals surface area contributed by atoms with Crippen molar-refractivity contribution in [3.05, 3.63) is 17.6 Å². The van der Waals surface area contributed by atoms with Crippen molar-refractivity contribution >= 4 is 5.97 Å². The Morgan fingerprint density at radius 3 is 2.64 bits per heavy atom. The van der Waals surface area contributed by atoms with E-state index in [4.69, 9.17) is 9.84 Å². The first-order chi connectivity index (χ1) is 6.52. The number of carbonyl (C=O) groups is 1. The van der Waals surface area contributed by atoms with Crippen LogP contribution in [0.3, 0.4) is 0 Å². The molecule has 1 N–H and O–H groups in total. The van der Waals surface area contributed by atoms with Gasteiger partial charge in [-0.05, 0) is 20.8 Å². The zero-order valence-corrected chi connectivity index (χ0v) is 8.31. The molecule has 0 aliphatic heterocycles. The Hall–Kier alpha value is -1.65. The molecule has 0 amide bonds. The summed E-state index contributed by atoms with van der Waals surface area (Å²) in [6, 6.07) is 0. The maximum atomic E-state index is 10.7. The molecular weight excluding hydrogens is 184 g/mol. The highest BCUT2D eigenvalue weighted by Crippen LogP contribution is 2.17. The molecule has 14 heavy (non-hydrogen) atoms. The van der Waals surface area contributed by atoms with Crippen molar-refractivity contribution in [1.29, 1.82) is 0 Å². The number of hydrogen-bond donors (Lipinski definition) is 1. The lowest BCUT2D eigenvalue weighted by Gasteiger charge is -2.11. The maximum Gasteiger partial charge on any atom is 0.355 e. The van der Waals surface area contributed by atoms with Crippen LogP contribution in [-0.2, 0) is 0 Å². The van der Waals surface area contributed by atoms with Crippen LogP contribution in [0.4, 0.5) is 0 Å². The lowest BCUT2D eigenvalue weighted by atomic mass is 10.2. The number of nitrogens with zero attached hydrogens (tertiary/aromatic N) is 2. The topological polar surface area (TPSA) is 72.3 Å². The van der Waals surface area contributed by atoms with Crippen molar-refractivity contribution < 1.29 is 14.6 Å². The molecule has 0 aromatic carbocycles.